The van der Waals surface area contributed by atoms with E-state index < -0.39 is 0 Å². The predicted molar refractivity (Wildman–Crippen MR) is 109 cm³/mol. The number of hydrogen-bond acceptors (Lipinski definition) is 7. The number of aliphatic imine (C=N–C) groups is 1. The minimum Gasteiger partial charge on any atom is -0.496 e. The van der Waals surface area contributed by atoms with Crippen LogP contribution in [0.4, 0.5) is 0 Å². The second-order valence-corrected chi connectivity index (χ2v) is 7.00. The SMILES string of the molecule is COc1cc(C#N)ccc1C1CN([C@@H]2N=C(c3ccncc3)C=CN2C)CCO1. The average molecular weight is 389 g/mol. The van der Waals surface area contributed by atoms with E-state index in [-0.39, 0.29) is 12.4 Å². The molecule has 2 aliphatic heterocycles. The first-order valence-corrected chi connectivity index (χ1v) is 9.51. The summed E-state index contributed by atoms with van der Waals surface area (Å²) < 4.78 is 11.6. The lowest BCUT2D eigenvalue weighted by Gasteiger charge is -2.41. The lowest BCUT2D eigenvalue weighted by molar-refractivity contribution is -0.0639. The summed E-state index contributed by atoms with van der Waals surface area (Å²) in [7, 11) is 3.65. The third kappa shape index (κ3) is 3.99. The first-order chi connectivity index (χ1) is 14.2. The second kappa shape index (κ2) is 8.43. The Balaban J connectivity index is 1.57. The number of benzene rings is 1. The number of ether oxygens (including phenoxy) is 2. The largest absolute Gasteiger partial charge is 0.496 e. The third-order valence-electron chi connectivity index (χ3n) is 5.20. The molecule has 1 fully saturated rings. The van der Waals surface area contributed by atoms with E-state index in [4.69, 9.17) is 19.7 Å². The van der Waals surface area contributed by atoms with E-state index in [0.29, 0.717) is 24.5 Å². The van der Waals surface area contributed by atoms with Crippen LogP contribution < -0.4 is 4.74 Å². The van der Waals surface area contributed by atoms with Gasteiger partial charge in [-0.25, -0.2) is 4.99 Å². The van der Waals surface area contributed by atoms with Gasteiger partial charge in [0, 0.05) is 49.9 Å². The van der Waals surface area contributed by atoms with Crippen molar-refractivity contribution in [3.63, 3.8) is 0 Å². The molecule has 148 valence electrons. The Labute approximate surface area is 170 Å². The molecule has 3 heterocycles. The molecule has 0 saturated carbocycles. The maximum atomic E-state index is 9.14. The minimum atomic E-state index is -0.148. The maximum absolute atomic E-state index is 9.14. The van der Waals surface area contributed by atoms with Crippen LogP contribution in [0.3, 0.4) is 0 Å². The number of morpholine rings is 1. The van der Waals surface area contributed by atoms with Gasteiger partial charge in [0.1, 0.15) is 5.75 Å². The van der Waals surface area contributed by atoms with Crippen molar-refractivity contribution in [1.29, 1.82) is 5.26 Å². The van der Waals surface area contributed by atoms with Crippen LogP contribution in [-0.4, -0.2) is 60.6 Å². The molecule has 2 aromatic rings. The smallest absolute Gasteiger partial charge is 0.178 e. The van der Waals surface area contributed by atoms with Gasteiger partial charge in [-0.2, -0.15) is 5.26 Å². The normalized spacial score (nSPS) is 22.1. The summed E-state index contributed by atoms with van der Waals surface area (Å²) >= 11 is 0. The summed E-state index contributed by atoms with van der Waals surface area (Å²) in [4.78, 5) is 13.5. The number of aromatic nitrogens is 1. The maximum Gasteiger partial charge on any atom is 0.178 e. The zero-order valence-corrected chi connectivity index (χ0v) is 16.5. The fraction of sp³-hybridized carbons (Fsp3) is 0.318. The quantitative estimate of drug-likeness (QED) is 0.800. The van der Waals surface area contributed by atoms with Crippen LogP contribution in [-0.2, 0) is 4.74 Å². The fourth-order valence-electron chi connectivity index (χ4n) is 3.67. The van der Waals surface area contributed by atoms with Crippen LogP contribution >= 0.6 is 0 Å². The van der Waals surface area contributed by atoms with Crippen molar-refractivity contribution in [2.45, 2.75) is 12.4 Å². The van der Waals surface area contributed by atoms with Crippen molar-refractivity contribution in [3.05, 3.63) is 71.7 Å². The zero-order valence-electron chi connectivity index (χ0n) is 16.5. The van der Waals surface area contributed by atoms with Crippen molar-refractivity contribution in [1.82, 2.24) is 14.8 Å². The summed E-state index contributed by atoms with van der Waals surface area (Å²) in [5.41, 5.74) is 3.51. The van der Waals surface area contributed by atoms with Crippen LogP contribution in [0.5, 0.6) is 5.75 Å². The molecule has 29 heavy (non-hydrogen) atoms. The molecule has 0 aliphatic carbocycles. The Hall–Kier alpha value is -3.21. The van der Waals surface area contributed by atoms with E-state index in [1.807, 2.05) is 31.3 Å². The van der Waals surface area contributed by atoms with Crippen LogP contribution in [0, 0.1) is 11.3 Å². The summed E-state index contributed by atoms with van der Waals surface area (Å²) in [6.07, 6.45) is 7.37. The van der Waals surface area contributed by atoms with Gasteiger partial charge >= 0.3 is 0 Å². The van der Waals surface area contributed by atoms with Gasteiger partial charge in [0.2, 0.25) is 0 Å². The molecule has 0 bridgehead atoms. The topological polar surface area (TPSA) is 74.0 Å². The molecule has 1 unspecified atom stereocenters. The number of nitrogens with zero attached hydrogens (tertiary/aromatic N) is 5. The fourth-order valence-corrected chi connectivity index (χ4v) is 3.67. The van der Waals surface area contributed by atoms with E-state index >= 15 is 0 Å². The molecule has 1 aromatic carbocycles. The number of rotatable bonds is 4. The van der Waals surface area contributed by atoms with Crippen molar-refractivity contribution >= 4 is 5.71 Å². The lowest BCUT2D eigenvalue weighted by atomic mass is 10.0. The molecule has 7 nitrogen and oxygen atoms in total. The highest BCUT2D eigenvalue weighted by molar-refractivity contribution is 6.08. The highest BCUT2D eigenvalue weighted by Gasteiger charge is 2.31. The van der Waals surface area contributed by atoms with Crippen molar-refractivity contribution in [2.24, 2.45) is 4.99 Å². The van der Waals surface area contributed by atoms with E-state index in [1.165, 1.54) is 0 Å². The van der Waals surface area contributed by atoms with Gasteiger partial charge in [-0.1, -0.05) is 6.07 Å². The van der Waals surface area contributed by atoms with Crippen molar-refractivity contribution in [2.75, 3.05) is 33.9 Å². The molecular formula is C22H23N5O2. The number of nitriles is 1. The number of methoxy groups -OCH3 is 1. The summed E-state index contributed by atoms with van der Waals surface area (Å²) in [5.74, 6) is 0.675. The van der Waals surface area contributed by atoms with Crippen LogP contribution in [0.1, 0.15) is 22.8 Å². The van der Waals surface area contributed by atoms with E-state index in [0.717, 1.165) is 23.4 Å². The van der Waals surface area contributed by atoms with Gasteiger partial charge in [-0.3, -0.25) is 9.88 Å². The molecule has 1 aromatic heterocycles. The first kappa shape index (κ1) is 19.1. The average Bonchev–Trinajstić information content (AvgIpc) is 2.79. The molecule has 2 atom stereocenters. The van der Waals surface area contributed by atoms with Gasteiger partial charge < -0.3 is 14.4 Å². The molecule has 1 saturated heterocycles. The van der Waals surface area contributed by atoms with Gasteiger partial charge in [0.25, 0.3) is 0 Å². The van der Waals surface area contributed by atoms with Gasteiger partial charge in [-0.15, -0.1) is 0 Å². The molecule has 0 radical (unpaired) electrons. The molecule has 0 spiro atoms. The first-order valence-electron chi connectivity index (χ1n) is 9.51. The van der Waals surface area contributed by atoms with Crippen LogP contribution in [0.25, 0.3) is 0 Å². The standard InChI is InChI=1S/C22H23N5O2/c1-26-10-7-19(17-5-8-24-9-6-17)25-22(26)27-11-12-29-21(15-27)18-4-3-16(14-23)13-20(18)28-2/h3-10,13,21-22H,11-12,15H2,1-2H3/t21?,22-/m1/s1. The van der Waals surface area contributed by atoms with Crippen LogP contribution in [0.2, 0.25) is 0 Å². The highest BCUT2D eigenvalue weighted by Crippen LogP contribution is 2.32. The Morgan fingerprint density at radius 3 is 2.83 bits per heavy atom. The molecule has 7 heteroatoms. The molecule has 0 amide bonds. The summed E-state index contributed by atoms with van der Waals surface area (Å²) in [5, 5.41) is 9.14. The van der Waals surface area contributed by atoms with Gasteiger partial charge in [0.05, 0.1) is 37.2 Å². The number of hydrogen-bond donors (Lipinski definition) is 0. The minimum absolute atomic E-state index is 0.112. The molecule has 0 N–H and O–H groups in total. The zero-order chi connectivity index (χ0) is 20.2. The Bertz CT molecular complexity index is 967. The molecular weight excluding hydrogens is 366 g/mol. The van der Waals surface area contributed by atoms with Gasteiger partial charge in [-0.05, 0) is 30.3 Å². The lowest BCUT2D eigenvalue weighted by Crippen LogP contribution is -2.50. The summed E-state index contributed by atoms with van der Waals surface area (Å²) in [6.45, 7) is 2.06. The second-order valence-electron chi connectivity index (χ2n) is 7.00. The Morgan fingerprint density at radius 2 is 2.07 bits per heavy atom. The Morgan fingerprint density at radius 1 is 1.24 bits per heavy atom. The van der Waals surface area contributed by atoms with E-state index in [9.17, 15) is 0 Å². The predicted octanol–water partition coefficient (Wildman–Crippen LogP) is 2.57. The van der Waals surface area contributed by atoms with Crippen LogP contribution in [0.15, 0.2) is 60.0 Å². The number of allylic oxidation sites excluding steroid dienone is 1. The third-order valence-corrected chi connectivity index (χ3v) is 5.20. The monoisotopic (exact) mass is 389 g/mol. The number of pyridine rings is 1. The summed E-state index contributed by atoms with van der Waals surface area (Å²) in [6, 6.07) is 11.6. The highest BCUT2D eigenvalue weighted by atomic mass is 16.5. The van der Waals surface area contributed by atoms with E-state index in [2.05, 4.69) is 27.1 Å². The molecule has 4 rings (SSSR count). The van der Waals surface area contributed by atoms with E-state index in [1.54, 1.807) is 31.6 Å². The van der Waals surface area contributed by atoms with Crippen molar-refractivity contribution in [3.8, 4) is 11.8 Å². The molecule has 2 aliphatic rings. The van der Waals surface area contributed by atoms with Gasteiger partial charge in [0.15, 0.2) is 6.29 Å². The van der Waals surface area contributed by atoms with Crippen molar-refractivity contribution < 1.29 is 9.47 Å². The Kier molecular flexibility index (Phi) is 5.56.